The van der Waals surface area contributed by atoms with Gasteiger partial charge in [0.25, 0.3) is 5.91 Å². The smallest absolute Gasteiger partial charge is 0.251 e. The van der Waals surface area contributed by atoms with Gasteiger partial charge in [-0.25, -0.2) is 0 Å². The first-order valence-corrected chi connectivity index (χ1v) is 5.57. The minimum absolute atomic E-state index is 0.0263. The second-order valence-electron chi connectivity index (χ2n) is 3.97. The van der Waals surface area contributed by atoms with Crippen LogP contribution in [0.25, 0.3) is 0 Å². The van der Waals surface area contributed by atoms with Crippen molar-refractivity contribution in [1.29, 1.82) is 0 Å². The number of hydrogen-bond acceptors (Lipinski definition) is 4. The van der Waals surface area contributed by atoms with Crippen molar-refractivity contribution in [2.45, 2.75) is 25.0 Å². The summed E-state index contributed by atoms with van der Waals surface area (Å²) in [6.07, 6.45) is 1.59. The van der Waals surface area contributed by atoms with Gasteiger partial charge in [-0.15, -0.1) is 0 Å². The molecule has 0 aromatic heterocycles. The zero-order valence-electron chi connectivity index (χ0n) is 8.83. The molecule has 2 fully saturated rings. The van der Waals surface area contributed by atoms with Crippen LogP contribution in [0, 0.1) is 0 Å². The molecule has 0 aliphatic carbocycles. The number of nitrogens with one attached hydrogen (secondary N) is 2. The lowest BCUT2D eigenvalue weighted by molar-refractivity contribution is -0.148. The van der Waals surface area contributed by atoms with Crippen molar-refractivity contribution in [1.82, 2.24) is 10.6 Å². The standard InChI is InChI=1S/C10H18N2O3/c13-10(9-7-14-5-6-15-9)12-8-1-3-11-4-2-8/h8-9,11H,1-7H2,(H,12,13). The number of ether oxygens (including phenoxy) is 2. The predicted molar refractivity (Wildman–Crippen MR) is 54.6 cm³/mol. The average molecular weight is 214 g/mol. The lowest BCUT2D eigenvalue weighted by Gasteiger charge is -2.27. The topological polar surface area (TPSA) is 59.6 Å². The van der Waals surface area contributed by atoms with Crippen LogP contribution in [0.15, 0.2) is 0 Å². The molecule has 0 aromatic rings. The molecule has 0 spiro atoms. The van der Waals surface area contributed by atoms with Gasteiger partial charge in [0, 0.05) is 6.04 Å². The number of amides is 1. The van der Waals surface area contributed by atoms with E-state index in [4.69, 9.17) is 9.47 Å². The summed E-state index contributed by atoms with van der Waals surface area (Å²) in [6.45, 7) is 3.46. The molecule has 1 atom stereocenters. The van der Waals surface area contributed by atoms with Crippen LogP contribution >= 0.6 is 0 Å². The fourth-order valence-corrected chi connectivity index (χ4v) is 1.90. The molecule has 2 rings (SSSR count). The number of hydrogen-bond donors (Lipinski definition) is 2. The second-order valence-corrected chi connectivity index (χ2v) is 3.97. The van der Waals surface area contributed by atoms with E-state index in [-0.39, 0.29) is 5.91 Å². The van der Waals surface area contributed by atoms with Crippen molar-refractivity contribution >= 4 is 5.91 Å². The van der Waals surface area contributed by atoms with Gasteiger partial charge >= 0.3 is 0 Å². The largest absolute Gasteiger partial charge is 0.376 e. The number of carbonyl (C=O) groups excluding carboxylic acids is 1. The third-order valence-corrected chi connectivity index (χ3v) is 2.79. The Kier molecular flexibility index (Phi) is 3.94. The van der Waals surface area contributed by atoms with Crippen molar-refractivity contribution in [3.8, 4) is 0 Å². The molecule has 2 N–H and O–H groups in total. The Morgan fingerprint density at radius 1 is 1.27 bits per heavy atom. The molecule has 5 heteroatoms. The molecule has 1 amide bonds. The van der Waals surface area contributed by atoms with E-state index in [9.17, 15) is 4.79 Å². The Balaban J connectivity index is 1.74. The van der Waals surface area contributed by atoms with Gasteiger partial charge in [0.15, 0.2) is 6.10 Å². The minimum Gasteiger partial charge on any atom is -0.376 e. The van der Waals surface area contributed by atoms with E-state index in [1.54, 1.807) is 0 Å². The van der Waals surface area contributed by atoms with Crippen LogP contribution in [0.4, 0.5) is 0 Å². The zero-order valence-corrected chi connectivity index (χ0v) is 8.83. The van der Waals surface area contributed by atoms with Crippen molar-refractivity contribution in [2.24, 2.45) is 0 Å². The lowest BCUT2D eigenvalue weighted by atomic mass is 10.1. The highest BCUT2D eigenvalue weighted by Crippen LogP contribution is 2.05. The van der Waals surface area contributed by atoms with E-state index >= 15 is 0 Å². The lowest BCUT2D eigenvalue weighted by Crippen LogP contribution is -2.49. The second kappa shape index (κ2) is 5.44. The van der Waals surface area contributed by atoms with Gasteiger partial charge in [0.05, 0.1) is 19.8 Å². The van der Waals surface area contributed by atoms with Gasteiger partial charge in [-0.1, -0.05) is 0 Å². The molecular weight excluding hydrogens is 196 g/mol. The average Bonchev–Trinajstić information content (AvgIpc) is 2.31. The SMILES string of the molecule is O=C(NC1CCNCC1)C1COCCO1. The fourth-order valence-electron chi connectivity index (χ4n) is 1.90. The van der Waals surface area contributed by atoms with Crippen molar-refractivity contribution in [3.05, 3.63) is 0 Å². The van der Waals surface area contributed by atoms with Gasteiger partial charge in [-0.05, 0) is 25.9 Å². The summed E-state index contributed by atoms with van der Waals surface area (Å²) in [4.78, 5) is 11.7. The molecule has 0 saturated carbocycles. The number of carbonyl (C=O) groups is 1. The Morgan fingerprint density at radius 3 is 2.73 bits per heavy atom. The van der Waals surface area contributed by atoms with E-state index in [0.717, 1.165) is 25.9 Å². The minimum atomic E-state index is -0.409. The maximum atomic E-state index is 11.7. The quantitative estimate of drug-likeness (QED) is 0.636. The van der Waals surface area contributed by atoms with Crippen LogP contribution in [0.1, 0.15) is 12.8 Å². The van der Waals surface area contributed by atoms with Gasteiger partial charge in [-0.2, -0.15) is 0 Å². The third-order valence-electron chi connectivity index (χ3n) is 2.79. The molecule has 15 heavy (non-hydrogen) atoms. The van der Waals surface area contributed by atoms with Crippen molar-refractivity contribution < 1.29 is 14.3 Å². The maximum absolute atomic E-state index is 11.7. The molecule has 5 nitrogen and oxygen atoms in total. The number of rotatable bonds is 2. The number of piperidine rings is 1. The van der Waals surface area contributed by atoms with Crippen LogP contribution in [0.2, 0.25) is 0 Å². The summed E-state index contributed by atoms with van der Waals surface area (Å²) in [5.74, 6) is -0.0263. The van der Waals surface area contributed by atoms with Gasteiger partial charge in [-0.3, -0.25) is 4.79 Å². The van der Waals surface area contributed by atoms with E-state index < -0.39 is 6.10 Å². The Morgan fingerprint density at radius 2 is 2.07 bits per heavy atom. The summed E-state index contributed by atoms with van der Waals surface area (Å²) in [7, 11) is 0. The molecule has 86 valence electrons. The molecular formula is C10H18N2O3. The summed E-state index contributed by atoms with van der Waals surface area (Å²) in [6, 6.07) is 0.296. The summed E-state index contributed by atoms with van der Waals surface area (Å²) < 4.78 is 10.5. The summed E-state index contributed by atoms with van der Waals surface area (Å²) in [5, 5.41) is 6.26. The third kappa shape index (κ3) is 3.15. The van der Waals surface area contributed by atoms with Crippen LogP contribution < -0.4 is 10.6 Å². The van der Waals surface area contributed by atoms with Gasteiger partial charge < -0.3 is 20.1 Å². The monoisotopic (exact) mass is 214 g/mol. The molecule has 0 bridgehead atoms. The normalized spacial score (nSPS) is 28.7. The Bertz CT molecular complexity index is 211. The highest BCUT2D eigenvalue weighted by atomic mass is 16.6. The van der Waals surface area contributed by atoms with Crippen LogP contribution in [0.3, 0.4) is 0 Å². The first-order chi connectivity index (χ1) is 7.36. The molecule has 2 aliphatic heterocycles. The van der Waals surface area contributed by atoms with Gasteiger partial charge in [0.2, 0.25) is 0 Å². The van der Waals surface area contributed by atoms with Gasteiger partial charge in [0.1, 0.15) is 0 Å². The summed E-state index contributed by atoms with van der Waals surface area (Å²) in [5.41, 5.74) is 0. The summed E-state index contributed by atoms with van der Waals surface area (Å²) >= 11 is 0. The highest BCUT2D eigenvalue weighted by Gasteiger charge is 2.25. The first-order valence-electron chi connectivity index (χ1n) is 5.57. The fraction of sp³-hybridized carbons (Fsp3) is 0.900. The van der Waals surface area contributed by atoms with E-state index in [1.807, 2.05) is 0 Å². The van der Waals surface area contributed by atoms with Crippen molar-refractivity contribution in [3.63, 3.8) is 0 Å². The van der Waals surface area contributed by atoms with E-state index in [1.165, 1.54) is 0 Å². The Labute approximate surface area is 89.5 Å². The van der Waals surface area contributed by atoms with Crippen molar-refractivity contribution in [2.75, 3.05) is 32.9 Å². The molecule has 0 aromatic carbocycles. The molecule has 0 radical (unpaired) electrons. The molecule has 2 aliphatic rings. The van der Waals surface area contributed by atoms with Crippen LogP contribution in [0.5, 0.6) is 0 Å². The Hall–Kier alpha value is -0.650. The maximum Gasteiger partial charge on any atom is 0.251 e. The van der Waals surface area contributed by atoms with Crippen LogP contribution in [-0.4, -0.2) is 51.0 Å². The molecule has 2 heterocycles. The highest BCUT2D eigenvalue weighted by molar-refractivity contribution is 5.81. The molecule has 2 saturated heterocycles. The predicted octanol–water partition coefficient (Wildman–Crippen LogP) is -0.730. The van der Waals surface area contributed by atoms with Crippen LogP contribution in [-0.2, 0) is 14.3 Å². The molecule has 1 unspecified atom stereocenters. The first kappa shape index (κ1) is 10.9. The van der Waals surface area contributed by atoms with E-state index in [2.05, 4.69) is 10.6 Å². The van der Waals surface area contributed by atoms with E-state index in [0.29, 0.717) is 25.9 Å². The zero-order chi connectivity index (χ0) is 10.5.